The minimum absolute atomic E-state index is 0.00424. The highest BCUT2D eigenvalue weighted by atomic mass is 19.2. The maximum Gasteiger partial charge on any atom is 0.242 e. The van der Waals surface area contributed by atoms with Gasteiger partial charge in [0.1, 0.15) is 6.54 Å². The van der Waals surface area contributed by atoms with Crippen LogP contribution in [0.15, 0.2) is 78.9 Å². The molecule has 71 heavy (non-hydrogen) atoms. The summed E-state index contributed by atoms with van der Waals surface area (Å²) in [5.74, 6) is -6.11. The first kappa shape index (κ1) is 55.6. The number of nitrogens with one attached hydrogen (secondary N) is 1. The van der Waals surface area contributed by atoms with Gasteiger partial charge in [-0.2, -0.15) is 0 Å². The molecule has 18 nitrogen and oxygen atoms in total. The Morgan fingerprint density at radius 1 is 0.789 bits per heavy atom. The summed E-state index contributed by atoms with van der Waals surface area (Å²) in [7, 11) is 1.41. The van der Waals surface area contributed by atoms with Crippen LogP contribution < -0.4 is 16.8 Å². The normalized spacial score (nSPS) is 14.4. The highest BCUT2D eigenvalue weighted by molar-refractivity contribution is 5.91. The number of ether oxygens (including phenoxy) is 2. The number of carbonyl (C=O) groups is 7. The van der Waals surface area contributed by atoms with Crippen molar-refractivity contribution in [3.05, 3.63) is 107 Å². The molecule has 2 saturated heterocycles. The van der Waals surface area contributed by atoms with E-state index < -0.39 is 67.3 Å². The molecule has 0 radical (unpaired) electrons. The Morgan fingerprint density at radius 2 is 1.44 bits per heavy atom. The Kier molecular flexibility index (Phi) is 22.8. The van der Waals surface area contributed by atoms with Crippen molar-refractivity contribution in [2.24, 2.45) is 17.4 Å². The van der Waals surface area contributed by atoms with Gasteiger partial charge in [0.05, 0.1) is 39.4 Å². The smallest absolute Gasteiger partial charge is 0.242 e. The zero-order valence-electron chi connectivity index (χ0n) is 40.7. The summed E-state index contributed by atoms with van der Waals surface area (Å²) < 4.78 is 39.5. The van der Waals surface area contributed by atoms with E-state index in [-0.39, 0.29) is 88.1 Å². The standard InChI is InChI=1S/C51H69F2N9O9/c1-70-27-25-60(35-50(68)61(33-45(55)63)31-39-18-26-71-37-39)49(67)36-62(30-38-15-16-43(52)44(53)28-38)51(69)34-58(23-9-22-57-21-8-14-46(57)64)47(65)17-24-59(48(66)29-56-20-19-54)32-42(40-10-4-2-5-11-40)41-12-6-3-7-13-41/h2-7,10-13,15-16,28,39,42,56H,8-9,14,17-27,29-37,54H2,1H3,(H2,55,63). The third kappa shape index (κ3) is 18.1. The van der Waals surface area contributed by atoms with Crippen LogP contribution in [0, 0.1) is 17.6 Å². The van der Waals surface area contributed by atoms with E-state index in [1.165, 1.54) is 27.9 Å². The van der Waals surface area contributed by atoms with E-state index in [0.29, 0.717) is 65.1 Å². The molecule has 2 fully saturated rings. The van der Waals surface area contributed by atoms with Gasteiger partial charge < -0.3 is 55.7 Å². The van der Waals surface area contributed by atoms with Crippen molar-refractivity contribution < 1.29 is 51.8 Å². The van der Waals surface area contributed by atoms with Crippen LogP contribution in [-0.4, -0.2) is 189 Å². The molecule has 2 heterocycles. The number of methoxy groups -OCH3 is 1. The summed E-state index contributed by atoms with van der Waals surface area (Å²) >= 11 is 0. The van der Waals surface area contributed by atoms with Gasteiger partial charge in [-0.05, 0) is 48.1 Å². The molecular weight excluding hydrogens is 921 g/mol. The second kappa shape index (κ2) is 29.1. The summed E-state index contributed by atoms with van der Waals surface area (Å²) in [6, 6.07) is 22.5. The number of nitrogens with two attached hydrogens (primary N) is 2. The summed E-state index contributed by atoms with van der Waals surface area (Å²) in [5, 5.41) is 3.05. The number of carbonyl (C=O) groups excluding carboxylic acids is 7. The average Bonchev–Trinajstić information content (AvgIpc) is 4.04. The largest absolute Gasteiger partial charge is 0.383 e. The summed E-state index contributed by atoms with van der Waals surface area (Å²) in [6.07, 6.45) is 1.90. The molecule has 3 aromatic rings. The lowest BCUT2D eigenvalue weighted by molar-refractivity contribution is -0.147. The van der Waals surface area contributed by atoms with Crippen molar-refractivity contribution in [2.45, 2.75) is 44.6 Å². The quantitative estimate of drug-likeness (QED) is 0.0814. The second-order valence-electron chi connectivity index (χ2n) is 17.9. The van der Waals surface area contributed by atoms with Crippen molar-refractivity contribution in [3.63, 3.8) is 0 Å². The Labute approximate surface area is 414 Å². The SMILES string of the molecule is COCCN(CC(=O)N(CC(N)=O)CC1CCOC1)C(=O)CN(Cc1ccc(F)c(F)c1)C(=O)CN(CCCN1CCCC1=O)C(=O)CCN(CC(c1ccccc1)c1ccccc1)C(=O)CNCCN. The molecule has 386 valence electrons. The first-order valence-electron chi connectivity index (χ1n) is 24.2. The van der Waals surface area contributed by atoms with Gasteiger partial charge in [0.25, 0.3) is 0 Å². The Morgan fingerprint density at radius 3 is 2.03 bits per heavy atom. The maximum absolute atomic E-state index is 14.6. The van der Waals surface area contributed by atoms with Gasteiger partial charge in [-0.1, -0.05) is 66.7 Å². The lowest BCUT2D eigenvalue weighted by atomic mass is 9.90. The average molecular weight is 990 g/mol. The van der Waals surface area contributed by atoms with Crippen LogP contribution in [-0.2, 0) is 49.6 Å². The van der Waals surface area contributed by atoms with Crippen molar-refractivity contribution in [3.8, 4) is 0 Å². The fourth-order valence-electron chi connectivity index (χ4n) is 8.65. The molecule has 5 N–H and O–H groups in total. The molecule has 0 aromatic heterocycles. The van der Waals surface area contributed by atoms with Crippen molar-refractivity contribution in [2.75, 3.05) is 119 Å². The molecule has 0 spiro atoms. The lowest BCUT2D eigenvalue weighted by Crippen LogP contribution is -2.51. The molecular formula is C51H69F2N9O9. The predicted octanol–water partition coefficient (Wildman–Crippen LogP) is 1.56. The van der Waals surface area contributed by atoms with Crippen LogP contribution in [0.4, 0.5) is 8.78 Å². The van der Waals surface area contributed by atoms with Crippen LogP contribution in [0.2, 0.25) is 0 Å². The van der Waals surface area contributed by atoms with Gasteiger partial charge in [-0.15, -0.1) is 0 Å². The maximum atomic E-state index is 14.6. The first-order valence-corrected chi connectivity index (χ1v) is 24.2. The van der Waals surface area contributed by atoms with Crippen molar-refractivity contribution in [1.29, 1.82) is 0 Å². The summed E-state index contributed by atoms with van der Waals surface area (Å²) in [4.78, 5) is 104. The molecule has 1 atom stereocenters. The minimum atomic E-state index is -1.18. The van der Waals surface area contributed by atoms with Gasteiger partial charge in [0.15, 0.2) is 11.6 Å². The number of primary amides is 1. The molecule has 5 rings (SSSR count). The van der Waals surface area contributed by atoms with Crippen LogP contribution in [0.3, 0.4) is 0 Å². The molecule has 7 amide bonds. The highest BCUT2D eigenvalue weighted by Gasteiger charge is 2.31. The fraction of sp³-hybridized carbons (Fsp3) is 0.510. The fourth-order valence-corrected chi connectivity index (χ4v) is 8.65. The van der Waals surface area contributed by atoms with E-state index in [9.17, 15) is 42.3 Å². The molecule has 0 bridgehead atoms. The van der Waals surface area contributed by atoms with Gasteiger partial charge in [-0.25, -0.2) is 8.78 Å². The summed E-state index contributed by atoms with van der Waals surface area (Å²) in [5.41, 5.74) is 13.3. The van der Waals surface area contributed by atoms with E-state index in [1.807, 2.05) is 60.7 Å². The van der Waals surface area contributed by atoms with Gasteiger partial charge in [-0.3, -0.25) is 33.6 Å². The third-order valence-corrected chi connectivity index (χ3v) is 12.5. The second-order valence-corrected chi connectivity index (χ2v) is 17.9. The molecule has 2 aliphatic rings. The highest BCUT2D eigenvalue weighted by Crippen LogP contribution is 2.26. The van der Waals surface area contributed by atoms with Crippen LogP contribution in [0.25, 0.3) is 0 Å². The Balaban J connectivity index is 1.40. The number of likely N-dealkylation sites (tertiary alicyclic amines) is 1. The van der Waals surface area contributed by atoms with Crippen molar-refractivity contribution >= 4 is 41.4 Å². The van der Waals surface area contributed by atoms with E-state index in [1.54, 1.807) is 9.80 Å². The van der Waals surface area contributed by atoms with Gasteiger partial charge in [0, 0.05) is 104 Å². The van der Waals surface area contributed by atoms with Crippen LogP contribution in [0.1, 0.15) is 54.7 Å². The number of hydrogen-bond donors (Lipinski definition) is 3. The lowest BCUT2D eigenvalue weighted by Gasteiger charge is -2.32. The van der Waals surface area contributed by atoms with E-state index in [2.05, 4.69) is 5.32 Å². The third-order valence-electron chi connectivity index (χ3n) is 12.5. The number of nitrogens with zero attached hydrogens (tertiary/aromatic N) is 6. The monoisotopic (exact) mass is 990 g/mol. The molecule has 2 aliphatic heterocycles. The predicted molar refractivity (Wildman–Crippen MR) is 260 cm³/mol. The first-order chi connectivity index (χ1) is 34.3. The summed E-state index contributed by atoms with van der Waals surface area (Å²) in [6.45, 7) is 0.277. The number of amides is 7. The number of rotatable bonds is 30. The molecule has 20 heteroatoms. The van der Waals surface area contributed by atoms with E-state index in [4.69, 9.17) is 20.9 Å². The Bertz CT molecular complexity index is 2180. The molecule has 0 saturated carbocycles. The van der Waals surface area contributed by atoms with Crippen molar-refractivity contribution in [1.82, 2.24) is 34.7 Å². The Hall–Kier alpha value is -6.35. The molecule has 1 unspecified atom stereocenters. The topological polar surface area (TPSA) is 221 Å². The van der Waals surface area contributed by atoms with Gasteiger partial charge >= 0.3 is 0 Å². The van der Waals surface area contributed by atoms with Crippen LogP contribution in [0.5, 0.6) is 0 Å². The van der Waals surface area contributed by atoms with Gasteiger partial charge in [0.2, 0.25) is 41.4 Å². The van der Waals surface area contributed by atoms with Crippen LogP contribution >= 0.6 is 0 Å². The molecule has 3 aromatic carbocycles. The molecule has 0 aliphatic carbocycles. The number of benzene rings is 3. The minimum Gasteiger partial charge on any atom is -0.383 e. The number of halogens is 2. The zero-order valence-corrected chi connectivity index (χ0v) is 40.7. The zero-order chi connectivity index (χ0) is 51.1. The number of hydrogen-bond acceptors (Lipinski definition) is 11. The van der Waals surface area contributed by atoms with E-state index in [0.717, 1.165) is 28.2 Å². The van der Waals surface area contributed by atoms with E-state index >= 15 is 0 Å².